The van der Waals surface area contributed by atoms with E-state index in [-0.39, 0.29) is 5.54 Å². The van der Waals surface area contributed by atoms with Gasteiger partial charge in [0.1, 0.15) is 0 Å². The Balaban J connectivity index is 2.86. The summed E-state index contributed by atoms with van der Waals surface area (Å²) in [5.41, 5.74) is 0.353. The minimum Gasteiger partial charge on any atom is -0.758 e. The van der Waals surface area contributed by atoms with Crippen LogP contribution in [0.25, 0.3) is 0 Å². The van der Waals surface area contributed by atoms with E-state index in [1.54, 1.807) is 0 Å². The molecule has 0 amide bonds. The third-order valence-corrected chi connectivity index (χ3v) is 1.60. The maximum atomic E-state index is 11.6. The molecule has 0 heterocycles. The smallest absolute Gasteiger partial charge is 0.0263 e. The minimum atomic E-state index is -0.360. The van der Waals surface area contributed by atoms with E-state index in [0.29, 0.717) is 5.69 Å². The quantitative estimate of drug-likeness (QED) is 0.596. The zero-order valence-electron chi connectivity index (χ0n) is 7.74. The summed E-state index contributed by atoms with van der Waals surface area (Å²) in [6.45, 7) is 5.69. The maximum Gasteiger partial charge on any atom is 0.0263 e. The topological polar surface area (TPSA) is 26.3 Å². The Bertz CT molecular complexity index is 238. The van der Waals surface area contributed by atoms with Gasteiger partial charge in [-0.3, -0.25) is 0 Å². The Kier molecular flexibility index (Phi) is 2.38. The van der Waals surface area contributed by atoms with Crippen LogP contribution < -0.4 is 5.06 Å². The second-order valence-electron chi connectivity index (χ2n) is 3.80. The van der Waals surface area contributed by atoms with Crippen LogP contribution in [-0.4, -0.2) is 5.54 Å². The van der Waals surface area contributed by atoms with Crippen molar-refractivity contribution in [3.8, 4) is 0 Å². The van der Waals surface area contributed by atoms with Gasteiger partial charge in [-0.2, -0.15) is 0 Å². The fraction of sp³-hybridized carbons (Fsp3) is 0.400. The molecule has 0 spiro atoms. The van der Waals surface area contributed by atoms with Crippen LogP contribution in [0.1, 0.15) is 20.8 Å². The summed E-state index contributed by atoms with van der Waals surface area (Å²) in [5.74, 6) is 0. The molecule has 2 heteroatoms. The van der Waals surface area contributed by atoms with Crippen molar-refractivity contribution in [1.82, 2.24) is 0 Å². The lowest BCUT2D eigenvalue weighted by molar-refractivity contribution is 0.557. The Morgan fingerprint density at radius 1 is 1.08 bits per heavy atom. The van der Waals surface area contributed by atoms with Gasteiger partial charge in [0.2, 0.25) is 0 Å². The van der Waals surface area contributed by atoms with Crippen LogP contribution >= 0.6 is 0 Å². The summed E-state index contributed by atoms with van der Waals surface area (Å²) in [5, 5.41) is 12.6. The van der Waals surface area contributed by atoms with Crippen molar-refractivity contribution in [2.45, 2.75) is 26.3 Å². The second-order valence-corrected chi connectivity index (χ2v) is 3.80. The number of rotatable bonds is 1. The third kappa shape index (κ3) is 1.98. The summed E-state index contributed by atoms with van der Waals surface area (Å²) in [6.07, 6.45) is 0. The summed E-state index contributed by atoms with van der Waals surface area (Å²) in [4.78, 5) is 0. The first-order chi connectivity index (χ1) is 5.52. The summed E-state index contributed by atoms with van der Waals surface area (Å²) >= 11 is 0. The molecule has 0 aliphatic heterocycles. The van der Waals surface area contributed by atoms with Crippen molar-refractivity contribution < 1.29 is 0 Å². The zero-order valence-corrected chi connectivity index (χ0v) is 7.74. The number of nitrogens with zero attached hydrogens (tertiary/aromatic N) is 1. The average Bonchev–Trinajstić information content (AvgIpc) is 2.03. The van der Waals surface area contributed by atoms with Crippen molar-refractivity contribution in [2.24, 2.45) is 0 Å². The van der Waals surface area contributed by atoms with Gasteiger partial charge in [0.25, 0.3) is 0 Å². The monoisotopic (exact) mass is 164 g/mol. The molecule has 66 valence electrons. The summed E-state index contributed by atoms with van der Waals surface area (Å²) in [6, 6.07) is 9.27. The van der Waals surface area contributed by atoms with Crippen molar-refractivity contribution in [3.05, 3.63) is 35.5 Å². The Labute approximate surface area is 73.4 Å². The first kappa shape index (κ1) is 9.07. The van der Waals surface area contributed by atoms with E-state index in [2.05, 4.69) is 0 Å². The van der Waals surface area contributed by atoms with E-state index in [1.165, 1.54) is 0 Å². The molecule has 0 saturated heterocycles. The van der Waals surface area contributed by atoms with Gasteiger partial charge in [-0.15, -0.1) is 0 Å². The fourth-order valence-corrected chi connectivity index (χ4v) is 0.951. The predicted molar refractivity (Wildman–Crippen MR) is 52.0 cm³/mol. The molecule has 1 aromatic rings. The van der Waals surface area contributed by atoms with E-state index in [0.717, 1.165) is 5.06 Å². The molecule has 0 atom stereocenters. The van der Waals surface area contributed by atoms with E-state index < -0.39 is 0 Å². The lowest BCUT2D eigenvalue weighted by Gasteiger charge is -2.43. The summed E-state index contributed by atoms with van der Waals surface area (Å²) < 4.78 is 0. The van der Waals surface area contributed by atoms with Crippen LogP contribution in [-0.2, 0) is 0 Å². The molecule has 1 rings (SSSR count). The van der Waals surface area contributed by atoms with Crippen LogP contribution in [0, 0.1) is 5.21 Å². The van der Waals surface area contributed by atoms with Crippen LogP contribution in [0.2, 0.25) is 0 Å². The van der Waals surface area contributed by atoms with Crippen LogP contribution in [0.15, 0.2) is 30.3 Å². The van der Waals surface area contributed by atoms with Crippen LogP contribution in [0.5, 0.6) is 0 Å². The van der Waals surface area contributed by atoms with E-state index in [9.17, 15) is 5.21 Å². The lowest BCUT2D eigenvalue weighted by Crippen LogP contribution is -2.36. The van der Waals surface area contributed by atoms with Gasteiger partial charge in [-0.05, 0) is 32.9 Å². The lowest BCUT2D eigenvalue weighted by atomic mass is 10.1. The molecule has 0 aromatic heterocycles. The first-order valence-corrected chi connectivity index (χ1v) is 4.04. The molecule has 1 aromatic carbocycles. The van der Waals surface area contributed by atoms with Gasteiger partial charge < -0.3 is 10.3 Å². The molecule has 0 bridgehead atoms. The molecule has 0 radical (unpaired) electrons. The van der Waals surface area contributed by atoms with Gasteiger partial charge in [0.05, 0.1) is 0 Å². The largest absolute Gasteiger partial charge is 0.758 e. The van der Waals surface area contributed by atoms with Crippen molar-refractivity contribution >= 4 is 5.69 Å². The van der Waals surface area contributed by atoms with Crippen molar-refractivity contribution in [1.29, 1.82) is 0 Å². The molecule has 0 saturated carbocycles. The molecule has 0 fully saturated rings. The highest BCUT2D eigenvalue weighted by atomic mass is 16.5. The zero-order chi connectivity index (χ0) is 9.19. The molecule has 2 nitrogen and oxygen atoms in total. The Hall–Kier alpha value is -1.02. The van der Waals surface area contributed by atoms with Crippen LogP contribution in [0.4, 0.5) is 5.69 Å². The SMILES string of the molecule is CC(C)(C)N([O-])c1ccccc1. The van der Waals surface area contributed by atoms with Gasteiger partial charge in [0.15, 0.2) is 0 Å². The first-order valence-electron chi connectivity index (χ1n) is 4.04. The van der Waals surface area contributed by atoms with Gasteiger partial charge in [-0.1, -0.05) is 18.2 Å². The van der Waals surface area contributed by atoms with Gasteiger partial charge in [-0.25, -0.2) is 0 Å². The minimum absolute atomic E-state index is 0.360. The van der Waals surface area contributed by atoms with Crippen LogP contribution in [0.3, 0.4) is 0 Å². The molecule has 0 N–H and O–H groups in total. The highest BCUT2D eigenvalue weighted by Gasteiger charge is 2.11. The number of para-hydroxylation sites is 1. The molecule has 0 unspecified atom stereocenters. The van der Waals surface area contributed by atoms with E-state index >= 15 is 0 Å². The molecular formula is C10H14NO-. The highest BCUT2D eigenvalue weighted by Crippen LogP contribution is 2.21. The highest BCUT2D eigenvalue weighted by molar-refractivity contribution is 5.48. The number of anilines is 1. The number of hydrogen-bond acceptors (Lipinski definition) is 2. The molecule has 0 aliphatic rings. The van der Waals surface area contributed by atoms with Gasteiger partial charge in [0, 0.05) is 11.2 Å². The normalized spacial score (nSPS) is 11.3. The molecule has 12 heavy (non-hydrogen) atoms. The van der Waals surface area contributed by atoms with E-state index in [1.807, 2.05) is 51.1 Å². The second kappa shape index (κ2) is 3.15. The number of hydroxylamine groups is 1. The van der Waals surface area contributed by atoms with Crippen molar-refractivity contribution in [3.63, 3.8) is 0 Å². The standard InChI is InChI=1S/C10H14NO/c1-10(2,3)11(12)9-7-5-4-6-8-9/h4-8H,1-3H3/q-1. The van der Waals surface area contributed by atoms with Crippen molar-refractivity contribution in [2.75, 3.05) is 5.06 Å². The average molecular weight is 164 g/mol. The number of hydrogen-bond donors (Lipinski definition) is 0. The Morgan fingerprint density at radius 2 is 1.58 bits per heavy atom. The fourth-order valence-electron chi connectivity index (χ4n) is 0.951. The third-order valence-electron chi connectivity index (χ3n) is 1.60. The van der Waals surface area contributed by atoms with E-state index in [4.69, 9.17) is 0 Å². The van der Waals surface area contributed by atoms with Gasteiger partial charge >= 0.3 is 0 Å². The molecular weight excluding hydrogens is 150 g/mol. The summed E-state index contributed by atoms with van der Waals surface area (Å²) in [7, 11) is 0. The predicted octanol–water partition coefficient (Wildman–Crippen LogP) is 2.79. The number of benzene rings is 1. The molecule has 0 aliphatic carbocycles. The maximum absolute atomic E-state index is 11.6. The Morgan fingerprint density at radius 3 is 2.00 bits per heavy atom.